The molecule has 0 saturated heterocycles. The smallest absolute Gasteiger partial charge is 0.123 e. The summed E-state index contributed by atoms with van der Waals surface area (Å²) in [5, 5.41) is 0. The van der Waals surface area contributed by atoms with E-state index in [1.807, 2.05) is 24.5 Å². The summed E-state index contributed by atoms with van der Waals surface area (Å²) >= 11 is 0. The van der Waals surface area contributed by atoms with Crippen molar-refractivity contribution in [3.05, 3.63) is 48.0 Å². The lowest BCUT2D eigenvalue weighted by Crippen LogP contribution is -2.21. The SMILES string of the molecule is CCC(N)Cc1cn(Cc2ccccc2OC)cn1. The molecular weight excluding hydrogens is 238 g/mol. The molecule has 4 nitrogen and oxygen atoms in total. The Labute approximate surface area is 114 Å². The van der Waals surface area contributed by atoms with Gasteiger partial charge in [0, 0.05) is 24.2 Å². The maximum absolute atomic E-state index is 5.94. The van der Waals surface area contributed by atoms with Crippen LogP contribution >= 0.6 is 0 Å². The summed E-state index contributed by atoms with van der Waals surface area (Å²) in [7, 11) is 1.69. The van der Waals surface area contributed by atoms with Crippen LogP contribution in [-0.2, 0) is 13.0 Å². The Hall–Kier alpha value is -1.81. The number of rotatable bonds is 6. The average Bonchev–Trinajstić information content (AvgIpc) is 2.86. The molecule has 0 amide bonds. The van der Waals surface area contributed by atoms with Crippen LogP contribution in [0.25, 0.3) is 0 Å². The van der Waals surface area contributed by atoms with Gasteiger partial charge in [-0.25, -0.2) is 4.98 Å². The van der Waals surface area contributed by atoms with Crippen molar-refractivity contribution in [2.45, 2.75) is 32.4 Å². The lowest BCUT2D eigenvalue weighted by atomic mass is 10.1. The van der Waals surface area contributed by atoms with Crippen molar-refractivity contribution >= 4 is 0 Å². The molecule has 1 unspecified atom stereocenters. The van der Waals surface area contributed by atoms with Crippen LogP contribution in [0.15, 0.2) is 36.8 Å². The van der Waals surface area contributed by atoms with Gasteiger partial charge in [0.15, 0.2) is 0 Å². The lowest BCUT2D eigenvalue weighted by molar-refractivity contribution is 0.408. The van der Waals surface area contributed by atoms with E-state index in [0.29, 0.717) is 0 Å². The Morgan fingerprint density at radius 1 is 1.37 bits per heavy atom. The monoisotopic (exact) mass is 259 g/mol. The normalized spacial score (nSPS) is 12.4. The maximum Gasteiger partial charge on any atom is 0.123 e. The van der Waals surface area contributed by atoms with Crippen LogP contribution in [-0.4, -0.2) is 22.7 Å². The Morgan fingerprint density at radius 3 is 2.89 bits per heavy atom. The third-order valence-electron chi connectivity index (χ3n) is 3.23. The maximum atomic E-state index is 5.94. The highest BCUT2D eigenvalue weighted by molar-refractivity contribution is 5.33. The lowest BCUT2D eigenvalue weighted by Gasteiger charge is -2.08. The van der Waals surface area contributed by atoms with Crippen LogP contribution < -0.4 is 10.5 Å². The number of benzene rings is 1. The van der Waals surface area contributed by atoms with Crippen molar-refractivity contribution in [1.29, 1.82) is 0 Å². The van der Waals surface area contributed by atoms with Gasteiger partial charge in [-0.1, -0.05) is 25.1 Å². The van der Waals surface area contributed by atoms with Gasteiger partial charge in [0.1, 0.15) is 5.75 Å². The molecule has 19 heavy (non-hydrogen) atoms. The van der Waals surface area contributed by atoms with E-state index in [2.05, 4.69) is 28.7 Å². The molecule has 0 radical (unpaired) electrons. The van der Waals surface area contributed by atoms with Gasteiger partial charge in [-0.05, 0) is 12.5 Å². The minimum atomic E-state index is 0.189. The molecule has 0 aliphatic heterocycles. The topological polar surface area (TPSA) is 53.1 Å². The highest BCUT2D eigenvalue weighted by Gasteiger charge is 2.06. The third-order valence-corrected chi connectivity index (χ3v) is 3.23. The van der Waals surface area contributed by atoms with Gasteiger partial charge in [-0.3, -0.25) is 0 Å². The van der Waals surface area contributed by atoms with E-state index in [0.717, 1.165) is 36.4 Å². The zero-order chi connectivity index (χ0) is 13.7. The molecule has 0 aliphatic carbocycles. The van der Waals surface area contributed by atoms with Gasteiger partial charge >= 0.3 is 0 Å². The van der Waals surface area contributed by atoms with E-state index in [9.17, 15) is 0 Å². The predicted octanol–water partition coefficient (Wildman–Crippen LogP) is 2.22. The number of hydrogen-bond donors (Lipinski definition) is 1. The van der Waals surface area contributed by atoms with Gasteiger partial charge in [-0.2, -0.15) is 0 Å². The Morgan fingerprint density at radius 2 is 2.16 bits per heavy atom. The molecule has 1 atom stereocenters. The largest absolute Gasteiger partial charge is 0.496 e. The first kappa shape index (κ1) is 13.6. The number of nitrogens with zero attached hydrogens (tertiary/aromatic N) is 2. The van der Waals surface area contributed by atoms with Crippen molar-refractivity contribution in [2.75, 3.05) is 7.11 Å². The first-order valence-electron chi connectivity index (χ1n) is 6.61. The van der Waals surface area contributed by atoms with E-state index >= 15 is 0 Å². The second kappa shape index (κ2) is 6.38. The molecule has 1 aromatic heterocycles. The van der Waals surface area contributed by atoms with Gasteiger partial charge in [0.25, 0.3) is 0 Å². The molecule has 1 aromatic carbocycles. The van der Waals surface area contributed by atoms with Crippen molar-refractivity contribution in [2.24, 2.45) is 5.73 Å². The first-order chi connectivity index (χ1) is 9.22. The summed E-state index contributed by atoms with van der Waals surface area (Å²) in [6, 6.07) is 8.22. The van der Waals surface area contributed by atoms with Crippen molar-refractivity contribution < 1.29 is 4.74 Å². The van der Waals surface area contributed by atoms with Crippen molar-refractivity contribution in [3.8, 4) is 5.75 Å². The van der Waals surface area contributed by atoms with Crippen LogP contribution in [0.5, 0.6) is 5.75 Å². The minimum Gasteiger partial charge on any atom is -0.496 e. The van der Waals surface area contributed by atoms with Crippen LogP contribution in [0.2, 0.25) is 0 Å². The highest BCUT2D eigenvalue weighted by Crippen LogP contribution is 2.18. The van der Waals surface area contributed by atoms with E-state index in [1.165, 1.54) is 0 Å². The number of imidazole rings is 1. The Bertz CT molecular complexity index is 522. The number of ether oxygens (including phenoxy) is 1. The number of hydrogen-bond acceptors (Lipinski definition) is 3. The van der Waals surface area contributed by atoms with E-state index in [-0.39, 0.29) is 6.04 Å². The molecule has 2 N–H and O–H groups in total. The fourth-order valence-electron chi connectivity index (χ4n) is 2.04. The van der Waals surface area contributed by atoms with E-state index < -0.39 is 0 Å². The van der Waals surface area contributed by atoms with E-state index in [4.69, 9.17) is 10.5 Å². The summed E-state index contributed by atoms with van der Waals surface area (Å²) in [5.41, 5.74) is 8.14. The van der Waals surface area contributed by atoms with Crippen LogP contribution in [0.4, 0.5) is 0 Å². The summed E-state index contributed by atoms with van der Waals surface area (Å²) in [4.78, 5) is 4.40. The first-order valence-corrected chi connectivity index (χ1v) is 6.61. The number of aromatic nitrogens is 2. The molecule has 2 rings (SSSR count). The minimum absolute atomic E-state index is 0.189. The summed E-state index contributed by atoms with van der Waals surface area (Å²) in [5.74, 6) is 0.906. The van der Waals surface area contributed by atoms with Gasteiger partial charge in [0.05, 0.1) is 25.7 Å². The molecule has 0 bridgehead atoms. The molecule has 4 heteroatoms. The Balaban J connectivity index is 2.07. The average molecular weight is 259 g/mol. The van der Waals surface area contributed by atoms with Crippen LogP contribution in [0.1, 0.15) is 24.6 Å². The molecule has 0 spiro atoms. The number of para-hydroxylation sites is 1. The third kappa shape index (κ3) is 3.58. The van der Waals surface area contributed by atoms with E-state index in [1.54, 1.807) is 7.11 Å². The Kier molecular flexibility index (Phi) is 4.58. The summed E-state index contributed by atoms with van der Waals surface area (Å²) < 4.78 is 7.42. The molecule has 0 saturated carbocycles. The molecule has 102 valence electrons. The fourth-order valence-corrected chi connectivity index (χ4v) is 2.04. The number of methoxy groups -OCH3 is 1. The second-order valence-corrected chi connectivity index (χ2v) is 4.72. The van der Waals surface area contributed by atoms with Crippen LogP contribution in [0, 0.1) is 0 Å². The summed E-state index contributed by atoms with van der Waals surface area (Å²) in [6.45, 7) is 2.86. The molecule has 0 fully saturated rings. The zero-order valence-electron chi connectivity index (χ0n) is 11.5. The number of nitrogens with two attached hydrogens (primary N) is 1. The fraction of sp³-hybridized carbons (Fsp3) is 0.400. The summed E-state index contributed by atoms with van der Waals surface area (Å²) in [6.07, 6.45) is 5.71. The molecular formula is C15H21N3O. The molecule has 0 aliphatic rings. The second-order valence-electron chi connectivity index (χ2n) is 4.72. The van der Waals surface area contributed by atoms with Gasteiger partial charge in [-0.15, -0.1) is 0 Å². The molecule has 2 aromatic rings. The van der Waals surface area contributed by atoms with Gasteiger partial charge < -0.3 is 15.0 Å². The standard InChI is InChI=1S/C15H21N3O/c1-3-13(16)8-14-10-18(11-17-14)9-12-6-4-5-7-15(12)19-2/h4-7,10-11,13H,3,8-9,16H2,1-2H3. The zero-order valence-corrected chi connectivity index (χ0v) is 11.5. The van der Waals surface area contributed by atoms with Crippen molar-refractivity contribution in [3.63, 3.8) is 0 Å². The predicted molar refractivity (Wildman–Crippen MR) is 76.3 cm³/mol. The highest BCUT2D eigenvalue weighted by atomic mass is 16.5. The molecule has 1 heterocycles. The van der Waals surface area contributed by atoms with Crippen LogP contribution in [0.3, 0.4) is 0 Å². The quantitative estimate of drug-likeness (QED) is 0.865. The van der Waals surface area contributed by atoms with Crippen molar-refractivity contribution in [1.82, 2.24) is 9.55 Å². The van der Waals surface area contributed by atoms with Gasteiger partial charge in [0.2, 0.25) is 0 Å².